The summed E-state index contributed by atoms with van der Waals surface area (Å²) in [6.07, 6.45) is 4.31. The van der Waals surface area contributed by atoms with Gasteiger partial charge in [-0.2, -0.15) is 0 Å². The first-order valence-electron chi connectivity index (χ1n) is 10.8. The van der Waals surface area contributed by atoms with Crippen LogP contribution in [0.4, 0.5) is 0 Å². The van der Waals surface area contributed by atoms with Crippen LogP contribution in [-0.4, -0.2) is 72.0 Å². The maximum atomic E-state index is 12.2. The summed E-state index contributed by atoms with van der Waals surface area (Å²) in [6.45, 7) is 8.52. The lowest BCUT2D eigenvalue weighted by atomic mass is 9.95. The van der Waals surface area contributed by atoms with Gasteiger partial charge in [-0.3, -0.25) is 14.1 Å². The van der Waals surface area contributed by atoms with Gasteiger partial charge in [0.05, 0.1) is 19.3 Å². The lowest BCUT2D eigenvalue weighted by Crippen LogP contribution is -2.49. The molecule has 1 aromatic heterocycles. The van der Waals surface area contributed by atoms with Crippen LogP contribution >= 0.6 is 35.3 Å². The molecule has 0 aromatic carbocycles. The van der Waals surface area contributed by atoms with E-state index in [4.69, 9.17) is 4.74 Å². The highest BCUT2D eigenvalue weighted by Crippen LogP contribution is 2.28. The first kappa shape index (κ1) is 26.0. The van der Waals surface area contributed by atoms with E-state index in [9.17, 15) is 4.21 Å². The minimum atomic E-state index is -0.705. The van der Waals surface area contributed by atoms with Crippen molar-refractivity contribution in [3.63, 3.8) is 0 Å². The normalized spacial score (nSPS) is 25.2. The molecular formula is C21H37IN4O2S2. The molecule has 0 amide bonds. The van der Waals surface area contributed by atoms with Crippen molar-refractivity contribution in [3.8, 4) is 0 Å². The van der Waals surface area contributed by atoms with Gasteiger partial charge in [-0.15, -0.1) is 35.3 Å². The minimum Gasteiger partial charge on any atom is -0.379 e. The van der Waals surface area contributed by atoms with Gasteiger partial charge in [0.2, 0.25) is 0 Å². The SMILES string of the molecule is CCS(=O)C1CCCC(NC(=NC)NCC(c2ccc(C)s2)N2CCOCC2)C1.I. The molecule has 1 aliphatic carbocycles. The van der Waals surface area contributed by atoms with Gasteiger partial charge in [0, 0.05) is 64.3 Å². The first-order valence-corrected chi connectivity index (χ1v) is 13.0. The number of hydrogen-bond donors (Lipinski definition) is 2. The van der Waals surface area contributed by atoms with Gasteiger partial charge >= 0.3 is 0 Å². The van der Waals surface area contributed by atoms with Crippen molar-refractivity contribution in [2.45, 2.75) is 56.9 Å². The van der Waals surface area contributed by atoms with Gasteiger partial charge in [-0.05, 0) is 38.3 Å². The molecule has 6 nitrogen and oxygen atoms in total. The minimum absolute atomic E-state index is 0. The highest BCUT2D eigenvalue weighted by Gasteiger charge is 2.27. The zero-order valence-corrected chi connectivity index (χ0v) is 22.4. The average Bonchev–Trinajstić information content (AvgIpc) is 3.19. The molecule has 30 heavy (non-hydrogen) atoms. The number of guanidine groups is 1. The van der Waals surface area contributed by atoms with Crippen molar-refractivity contribution in [3.05, 3.63) is 21.9 Å². The van der Waals surface area contributed by atoms with Crippen molar-refractivity contribution in [1.29, 1.82) is 0 Å². The number of morpholine rings is 1. The van der Waals surface area contributed by atoms with E-state index in [-0.39, 0.29) is 24.0 Å². The quantitative estimate of drug-likeness (QED) is 0.300. The van der Waals surface area contributed by atoms with Crippen LogP contribution in [0, 0.1) is 6.92 Å². The number of hydrogen-bond acceptors (Lipinski definition) is 5. The number of nitrogens with zero attached hydrogens (tertiary/aromatic N) is 2. The Morgan fingerprint density at radius 3 is 2.77 bits per heavy atom. The summed E-state index contributed by atoms with van der Waals surface area (Å²) >= 11 is 1.87. The Bertz CT molecular complexity index is 694. The first-order chi connectivity index (χ1) is 14.1. The molecule has 1 saturated heterocycles. The lowest BCUT2D eigenvalue weighted by Gasteiger charge is -2.35. The van der Waals surface area contributed by atoms with Crippen LogP contribution in [0.15, 0.2) is 17.1 Å². The van der Waals surface area contributed by atoms with Gasteiger partial charge in [0.25, 0.3) is 0 Å². The molecule has 1 aliphatic heterocycles. The summed E-state index contributed by atoms with van der Waals surface area (Å²) in [5.41, 5.74) is 0. The second kappa shape index (κ2) is 13.3. The van der Waals surface area contributed by atoms with Gasteiger partial charge in [0.1, 0.15) is 0 Å². The maximum absolute atomic E-state index is 12.2. The number of halogens is 1. The van der Waals surface area contributed by atoms with E-state index >= 15 is 0 Å². The fraction of sp³-hybridized carbons (Fsp3) is 0.762. The van der Waals surface area contributed by atoms with E-state index in [1.807, 2.05) is 25.3 Å². The van der Waals surface area contributed by atoms with E-state index in [0.29, 0.717) is 17.3 Å². The van der Waals surface area contributed by atoms with Crippen molar-refractivity contribution >= 4 is 52.1 Å². The Kier molecular flexibility index (Phi) is 11.6. The number of nitrogens with one attached hydrogen (secondary N) is 2. The molecule has 1 saturated carbocycles. The molecule has 2 N–H and O–H groups in total. The molecule has 2 heterocycles. The maximum Gasteiger partial charge on any atom is 0.191 e. The smallest absolute Gasteiger partial charge is 0.191 e. The number of thiophene rings is 1. The molecule has 172 valence electrons. The van der Waals surface area contributed by atoms with Crippen LogP contribution in [0.3, 0.4) is 0 Å². The highest BCUT2D eigenvalue weighted by atomic mass is 127. The molecule has 2 aliphatic rings. The molecule has 4 unspecified atom stereocenters. The molecule has 0 bridgehead atoms. The molecule has 3 rings (SSSR count). The van der Waals surface area contributed by atoms with Gasteiger partial charge in [0.15, 0.2) is 5.96 Å². The number of ether oxygens (including phenoxy) is 1. The average molecular weight is 569 g/mol. The van der Waals surface area contributed by atoms with Crippen LogP contribution in [0.1, 0.15) is 48.4 Å². The van der Waals surface area contributed by atoms with Crippen molar-refractivity contribution in [2.24, 2.45) is 4.99 Å². The van der Waals surface area contributed by atoms with E-state index in [1.54, 1.807) is 0 Å². The zero-order chi connectivity index (χ0) is 20.6. The molecule has 9 heteroatoms. The Balaban J connectivity index is 0.00000320. The Morgan fingerprint density at radius 2 is 2.13 bits per heavy atom. The third-order valence-electron chi connectivity index (χ3n) is 5.89. The topological polar surface area (TPSA) is 66.0 Å². The second-order valence-corrected chi connectivity index (χ2v) is 11.2. The predicted molar refractivity (Wildman–Crippen MR) is 139 cm³/mol. The van der Waals surface area contributed by atoms with Gasteiger partial charge < -0.3 is 15.4 Å². The summed E-state index contributed by atoms with van der Waals surface area (Å²) < 4.78 is 17.8. The second-order valence-electron chi connectivity index (χ2n) is 7.86. The molecule has 1 aromatic rings. The van der Waals surface area contributed by atoms with E-state index < -0.39 is 10.8 Å². The van der Waals surface area contributed by atoms with E-state index in [0.717, 1.165) is 70.2 Å². The highest BCUT2D eigenvalue weighted by molar-refractivity contribution is 14.0. The third-order valence-corrected chi connectivity index (χ3v) is 8.73. The van der Waals surface area contributed by atoms with Crippen molar-refractivity contribution in [1.82, 2.24) is 15.5 Å². The van der Waals surface area contributed by atoms with E-state index in [2.05, 4.69) is 39.6 Å². The molecule has 2 fully saturated rings. The van der Waals surface area contributed by atoms with Crippen LogP contribution in [0.2, 0.25) is 0 Å². The lowest BCUT2D eigenvalue weighted by molar-refractivity contribution is 0.0177. The van der Waals surface area contributed by atoms with Crippen molar-refractivity contribution in [2.75, 3.05) is 45.6 Å². The number of aryl methyl sites for hydroxylation is 1. The van der Waals surface area contributed by atoms with Crippen LogP contribution in [0.25, 0.3) is 0 Å². The zero-order valence-electron chi connectivity index (χ0n) is 18.4. The standard InChI is InChI=1S/C21H36N4O2S2.HI/c1-4-29(26)18-7-5-6-17(14-18)24-21(22-3)23-15-19(20-9-8-16(2)28-20)25-10-12-27-13-11-25;/h8-9,17-19H,4-7,10-15H2,1-3H3,(H2,22,23,24);1H. The largest absolute Gasteiger partial charge is 0.379 e. The Morgan fingerprint density at radius 1 is 1.37 bits per heavy atom. The third kappa shape index (κ3) is 7.43. The fourth-order valence-electron chi connectivity index (χ4n) is 4.26. The summed E-state index contributed by atoms with van der Waals surface area (Å²) in [5.74, 6) is 1.61. The molecule has 0 spiro atoms. The van der Waals surface area contributed by atoms with Gasteiger partial charge in [-0.25, -0.2) is 0 Å². The molecule has 4 atom stereocenters. The number of aliphatic imine (C=N–C) groups is 1. The summed E-state index contributed by atoms with van der Waals surface area (Å²) in [6, 6.07) is 5.13. The fourth-order valence-corrected chi connectivity index (χ4v) is 6.62. The monoisotopic (exact) mass is 568 g/mol. The number of rotatable bonds is 7. The van der Waals surface area contributed by atoms with Crippen molar-refractivity contribution < 1.29 is 8.95 Å². The molecular weight excluding hydrogens is 531 g/mol. The summed E-state index contributed by atoms with van der Waals surface area (Å²) in [5, 5.41) is 7.48. The van der Waals surface area contributed by atoms with Gasteiger partial charge in [-0.1, -0.05) is 13.3 Å². The van der Waals surface area contributed by atoms with Crippen LogP contribution in [-0.2, 0) is 15.5 Å². The van der Waals surface area contributed by atoms with Crippen LogP contribution in [0.5, 0.6) is 0 Å². The predicted octanol–water partition coefficient (Wildman–Crippen LogP) is 3.29. The molecule has 0 radical (unpaired) electrons. The Hall–Kier alpha value is -0.230. The Labute approximate surface area is 205 Å². The summed E-state index contributed by atoms with van der Waals surface area (Å²) in [4.78, 5) is 9.71. The van der Waals surface area contributed by atoms with Crippen LogP contribution < -0.4 is 10.6 Å². The van der Waals surface area contributed by atoms with E-state index in [1.165, 1.54) is 9.75 Å². The summed E-state index contributed by atoms with van der Waals surface area (Å²) in [7, 11) is 1.13.